The first-order valence-electron chi connectivity index (χ1n) is 5.99. The Labute approximate surface area is 106 Å². The van der Waals surface area contributed by atoms with Gasteiger partial charge in [0.25, 0.3) is 0 Å². The van der Waals surface area contributed by atoms with Gasteiger partial charge < -0.3 is 9.63 Å². The molecule has 5 nitrogen and oxygen atoms in total. The predicted octanol–water partition coefficient (Wildman–Crippen LogP) is 1.10. The van der Waals surface area contributed by atoms with Crippen molar-refractivity contribution in [1.82, 2.24) is 15.0 Å². The zero-order valence-corrected chi connectivity index (χ0v) is 11.1. The molecule has 1 aliphatic heterocycles. The molecule has 96 valence electrons. The SMILES string of the molecule is CCC(O)Cc1nc(C2CSCCN2C)no1. The molecule has 17 heavy (non-hydrogen) atoms. The van der Waals surface area contributed by atoms with Gasteiger partial charge in [-0.2, -0.15) is 16.7 Å². The summed E-state index contributed by atoms with van der Waals surface area (Å²) in [4.78, 5) is 6.63. The number of aliphatic hydroxyl groups is 1. The summed E-state index contributed by atoms with van der Waals surface area (Å²) in [6, 6.07) is 0.241. The summed E-state index contributed by atoms with van der Waals surface area (Å²) < 4.78 is 5.18. The number of hydrogen-bond donors (Lipinski definition) is 1. The van der Waals surface area contributed by atoms with E-state index >= 15 is 0 Å². The second-order valence-corrected chi connectivity index (χ2v) is 5.53. The van der Waals surface area contributed by atoms with E-state index in [1.807, 2.05) is 18.7 Å². The fraction of sp³-hybridized carbons (Fsp3) is 0.818. The Kier molecular flexibility index (Phi) is 4.42. The van der Waals surface area contributed by atoms with Gasteiger partial charge in [0.1, 0.15) is 0 Å². The van der Waals surface area contributed by atoms with Crippen molar-refractivity contribution in [2.24, 2.45) is 0 Å². The molecular formula is C11H19N3O2S. The van der Waals surface area contributed by atoms with E-state index in [0.29, 0.717) is 18.7 Å². The molecule has 0 spiro atoms. The summed E-state index contributed by atoms with van der Waals surface area (Å²) >= 11 is 1.92. The minimum atomic E-state index is -0.387. The highest BCUT2D eigenvalue weighted by Gasteiger charge is 2.25. The van der Waals surface area contributed by atoms with Crippen LogP contribution in [0.2, 0.25) is 0 Å². The highest BCUT2D eigenvalue weighted by molar-refractivity contribution is 7.99. The summed E-state index contributed by atoms with van der Waals surface area (Å²) in [6.07, 6.45) is 0.769. The van der Waals surface area contributed by atoms with Gasteiger partial charge in [-0.25, -0.2) is 0 Å². The van der Waals surface area contributed by atoms with E-state index in [9.17, 15) is 5.11 Å². The highest BCUT2D eigenvalue weighted by atomic mass is 32.2. The number of aliphatic hydroxyl groups excluding tert-OH is 1. The Morgan fingerprint density at radius 1 is 1.65 bits per heavy atom. The number of thioether (sulfide) groups is 1. The number of aromatic nitrogens is 2. The third-order valence-corrected chi connectivity index (χ3v) is 4.08. The van der Waals surface area contributed by atoms with Crippen LogP contribution in [-0.2, 0) is 6.42 Å². The van der Waals surface area contributed by atoms with Crippen molar-refractivity contribution in [3.8, 4) is 0 Å². The number of hydrogen-bond acceptors (Lipinski definition) is 6. The lowest BCUT2D eigenvalue weighted by molar-refractivity contribution is 0.158. The van der Waals surface area contributed by atoms with Gasteiger partial charge in [-0.15, -0.1) is 0 Å². The normalized spacial score (nSPS) is 23.8. The van der Waals surface area contributed by atoms with Crippen LogP contribution in [0.4, 0.5) is 0 Å². The van der Waals surface area contributed by atoms with E-state index in [4.69, 9.17) is 4.52 Å². The molecule has 0 amide bonds. The van der Waals surface area contributed by atoms with Gasteiger partial charge in [-0.3, -0.25) is 4.90 Å². The Morgan fingerprint density at radius 3 is 3.18 bits per heavy atom. The fourth-order valence-corrected chi connectivity index (χ4v) is 3.00. The van der Waals surface area contributed by atoms with E-state index in [1.165, 1.54) is 0 Å². The summed E-state index contributed by atoms with van der Waals surface area (Å²) in [6.45, 7) is 2.99. The monoisotopic (exact) mass is 257 g/mol. The maximum Gasteiger partial charge on any atom is 0.229 e. The van der Waals surface area contributed by atoms with E-state index < -0.39 is 0 Å². The maximum absolute atomic E-state index is 9.54. The van der Waals surface area contributed by atoms with Crippen LogP contribution in [0.5, 0.6) is 0 Å². The molecule has 2 unspecified atom stereocenters. The second kappa shape index (κ2) is 5.84. The van der Waals surface area contributed by atoms with Crippen LogP contribution in [0.1, 0.15) is 31.1 Å². The summed E-state index contributed by atoms with van der Waals surface area (Å²) in [7, 11) is 2.08. The fourth-order valence-electron chi connectivity index (χ4n) is 1.79. The van der Waals surface area contributed by atoms with Crippen molar-refractivity contribution in [3.63, 3.8) is 0 Å². The Bertz CT molecular complexity index is 358. The zero-order valence-electron chi connectivity index (χ0n) is 10.3. The Balaban J connectivity index is 2.01. The third kappa shape index (κ3) is 3.20. The molecule has 1 N–H and O–H groups in total. The first-order valence-corrected chi connectivity index (χ1v) is 7.14. The molecule has 0 radical (unpaired) electrons. The first kappa shape index (κ1) is 12.9. The summed E-state index contributed by atoms with van der Waals surface area (Å²) in [5, 5.41) is 13.6. The van der Waals surface area contributed by atoms with Crippen LogP contribution in [-0.4, -0.2) is 51.3 Å². The van der Waals surface area contributed by atoms with Gasteiger partial charge in [0.05, 0.1) is 18.6 Å². The molecule has 0 aromatic carbocycles. The van der Waals surface area contributed by atoms with Crippen LogP contribution in [0.25, 0.3) is 0 Å². The van der Waals surface area contributed by atoms with Gasteiger partial charge >= 0.3 is 0 Å². The summed E-state index contributed by atoms with van der Waals surface area (Å²) in [5.74, 6) is 3.45. The van der Waals surface area contributed by atoms with Crippen molar-refractivity contribution < 1.29 is 9.63 Å². The minimum Gasteiger partial charge on any atom is -0.393 e. The molecule has 1 saturated heterocycles. The van der Waals surface area contributed by atoms with Crippen LogP contribution in [0.3, 0.4) is 0 Å². The van der Waals surface area contributed by atoms with Crippen molar-refractivity contribution in [1.29, 1.82) is 0 Å². The average molecular weight is 257 g/mol. The van der Waals surface area contributed by atoms with Gasteiger partial charge in [0.15, 0.2) is 5.82 Å². The van der Waals surface area contributed by atoms with Gasteiger partial charge in [0.2, 0.25) is 5.89 Å². The van der Waals surface area contributed by atoms with E-state index in [-0.39, 0.29) is 12.1 Å². The van der Waals surface area contributed by atoms with E-state index in [0.717, 1.165) is 23.9 Å². The molecular weight excluding hydrogens is 238 g/mol. The standard InChI is InChI=1S/C11H19N3O2S/c1-3-8(15)6-10-12-11(13-16-10)9-7-17-5-4-14(9)2/h8-9,15H,3-7H2,1-2H3. The molecule has 2 rings (SSSR count). The molecule has 0 bridgehead atoms. The molecule has 2 heterocycles. The molecule has 1 aliphatic rings. The lowest BCUT2D eigenvalue weighted by Crippen LogP contribution is -2.33. The largest absolute Gasteiger partial charge is 0.393 e. The summed E-state index contributed by atoms with van der Waals surface area (Å²) in [5.41, 5.74) is 0. The zero-order chi connectivity index (χ0) is 12.3. The van der Waals surface area contributed by atoms with E-state index in [1.54, 1.807) is 0 Å². The smallest absolute Gasteiger partial charge is 0.229 e. The molecule has 1 fully saturated rings. The van der Waals surface area contributed by atoms with Crippen molar-refractivity contribution in [2.75, 3.05) is 25.1 Å². The van der Waals surface area contributed by atoms with Gasteiger partial charge in [-0.05, 0) is 13.5 Å². The number of rotatable bonds is 4. The number of nitrogens with zero attached hydrogens (tertiary/aromatic N) is 3. The Hall–Kier alpha value is -0.590. The molecule has 0 aliphatic carbocycles. The molecule has 2 atom stereocenters. The quantitative estimate of drug-likeness (QED) is 0.871. The first-order chi connectivity index (χ1) is 8.20. The molecule has 1 aromatic rings. The molecule has 6 heteroatoms. The Morgan fingerprint density at radius 2 is 2.47 bits per heavy atom. The van der Waals surface area contributed by atoms with Crippen molar-refractivity contribution in [3.05, 3.63) is 11.7 Å². The van der Waals surface area contributed by atoms with E-state index in [2.05, 4.69) is 22.1 Å². The van der Waals surface area contributed by atoms with Crippen molar-refractivity contribution >= 4 is 11.8 Å². The average Bonchev–Trinajstić information content (AvgIpc) is 2.78. The van der Waals surface area contributed by atoms with Crippen LogP contribution in [0.15, 0.2) is 4.52 Å². The molecule has 1 aromatic heterocycles. The second-order valence-electron chi connectivity index (χ2n) is 4.38. The highest BCUT2D eigenvalue weighted by Crippen LogP contribution is 2.26. The van der Waals surface area contributed by atoms with Crippen LogP contribution < -0.4 is 0 Å². The lowest BCUT2D eigenvalue weighted by Gasteiger charge is -2.29. The van der Waals surface area contributed by atoms with Crippen LogP contribution >= 0.6 is 11.8 Å². The minimum absolute atomic E-state index is 0.241. The topological polar surface area (TPSA) is 62.4 Å². The van der Waals surface area contributed by atoms with Gasteiger partial charge in [0, 0.05) is 18.1 Å². The molecule has 0 saturated carbocycles. The van der Waals surface area contributed by atoms with Gasteiger partial charge in [-0.1, -0.05) is 12.1 Å². The van der Waals surface area contributed by atoms with Crippen LogP contribution in [0, 0.1) is 0 Å². The van der Waals surface area contributed by atoms with Crippen molar-refractivity contribution in [2.45, 2.75) is 31.9 Å². The predicted molar refractivity (Wildman–Crippen MR) is 67.0 cm³/mol. The third-order valence-electron chi connectivity index (χ3n) is 3.06. The lowest BCUT2D eigenvalue weighted by atomic mass is 10.2. The maximum atomic E-state index is 9.54.